The topological polar surface area (TPSA) is 12.0 Å². The van der Waals surface area contributed by atoms with Gasteiger partial charge in [0.1, 0.15) is 0 Å². The molecule has 0 aromatic heterocycles. The molecule has 17 heavy (non-hydrogen) atoms. The highest BCUT2D eigenvalue weighted by atomic mass is 79.9. The van der Waals surface area contributed by atoms with Crippen molar-refractivity contribution in [3.8, 4) is 0 Å². The number of rotatable bonds is 3. The Hall–Kier alpha value is -0.0500. The van der Waals surface area contributed by atoms with Crippen molar-refractivity contribution < 1.29 is 0 Å². The molecule has 3 heteroatoms. The van der Waals surface area contributed by atoms with Crippen molar-refractivity contribution in [2.75, 3.05) is 0 Å². The highest BCUT2D eigenvalue weighted by Crippen LogP contribution is 2.29. The smallest absolute Gasteiger partial charge is 0.0451 e. The van der Waals surface area contributed by atoms with Crippen molar-refractivity contribution in [2.45, 2.75) is 51.1 Å². The van der Waals surface area contributed by atoms with Crippen LogP contribution in [0.5, 0.6) is 0 Å². The Balaban J connectivity index is 1.99. The zero-order chi connectivity index (χ0) is 12.3. The molecule has 0 heterocycles. The lowest BCUT2D eigenvalue weighted by atomic mass is 9.83. The van der Waals surface area contributed by atoms with E-state index in [1.807, 2.05) is 12.1 Å². The molecule has 1 aromatic carbocycles. The van der Waals surface area contributed by atoms with Crippen LogP contribution in [-0.2, 0) is 6.54 Å². The van der Waals surface area contributed by atoms with Crippen LogP contribution in [0.1, 0.15) is 44.6 Å². The van der Waals surface area contributed by atoms with Crippen LogP contribution in [0.25, 0.3) is 0 Å². The molecule has 0 amide bonds. The molecule has 0 radical (unpaired) electrons. The van der Waals surface area contributed by atoms with Gasteiger partial charge in [-0.05, 0) is 43.5 Å². The Morgan fingerprint density at radius 1 is 1.29 bits per heavy atom. The van der Waals surface area contributed by atoms with Gasteiger partial charge in [-0.15, -0.1) is 0 Å². The van der Waals surface area contributed by atoms with Gasteiger partial charge in [-0.3, -0.25) is 0 Å². The first kappa shape index (κ1) is 13.4. The van der Waals surface area contributed by atoms with E-state index in [4.69, 9.17) is 11.6 Å². The number of nitrogens with one attached hydrogen (secondary N) is 1. The molecule has 0 aliphatic heterocycles. The molecule has 2 rings (SSSR count). The van der Waals surface area contributed by atoms with Gasteiger partial charge >= 0.3 is 0 Å². The average molecular weight is 317 g/mol. The Morgan fingerprint density at radius 3 is 2.71 bits per heavy atom. The maximum absolute atomic E-state index is 6.20. The lowest BCUT2D eigenvalue weighted by molar-refractivity contribution is 0.252. The lowest BCUT2D eigenvalue weighted by Gasteiger charge is -2.35. The van der Waals surface area contributed by atoms with Gasteiger partial charge in [0.15, 0.2) is 0 Å². The number of halogens is 2. The van der Waals surface area contributed by atoms with Crippen molar-refractivity contribution in [3.63, 3.8) is 0 Å². The number of benzene rings is 1. The molecule has 0 unspecified atom stereocenters. The minimum atomic E-state index is 0.296. The fraction of sp³-hybridized carbons (Fsp3) is 0.571. The lowest BCUT2D eigenvalue weighted by Crippen LogP contribution is -2.43. The van der Waals surface area contributed by atoms with Crippen molar-refractivity contribution in [1.82, 2.24) is 5.32 Å². The highest BCUT2D eigenvalue weighted by Gasteiger charge is 2.25. The third kappa shape index (κ3) is 3.70. The van der Waals surface area contributed by atoms with E-state index >= 15 is 0 Å². The van der Waals surface area contributed by atoms with E-state index in [1.165, 1.54) is 37.7 Å². The van der Waals surface area contributed by atoms with Gasteiger partial charge < -0.3 is 5.32 Å². The fourth-order valence-electron chi connectivity index (χ4n) is 2.50. The molecule has 1 aliphatic rings. The van der Waals surface area contributed by atoms with Crippen LogP contribution in [0, 0.1) is 0 Å². The first-order valence-electron chi connectivity index (χ1n) is 6.28. The van der Waals surface area contributed by atoms with Crippen LogP contribution in [-0.4, -0.2) is 5.54 Å². The third-order valence-electron chi connectivity index (χ3n) is 3.67. The number of hydrogen-bond acceptors (Lipinski definition) is 1. The second-order valence-corrected chi connectivity index (χ2v) is 6.53. The minimum absolute atomic E-state index is 0.296. The summed E-state index contributed by atoms with van der Waals surface area (Å²) in [6.45, 7) is 3.19. The van der Waals surface area contributed by atoms with Crippen molar-refractivity contribution in [3.05, 3.63) is 33.3 Å². The normalized spacial score (nSPS) is 19.2. The zero-order valence-corrected chi connectivity index (χ0v) is 12.6. The molecule has 1 N–H and O–H groups in total. The molecule has 0 bridgehead atoms. The largest absolute Gasteiger partial charge is 0.307 e. The molecule has 1 fully saturated rings. The van der Waals surface area contributed by atoms with Crippen molar-refractivity contribution in [1.29, 1.82) is 0 Å². The van der Waals surface area contributed by atoms with Crippen LogP contribution in [0.2, 0.25) is 5.02 Å². The Labute approximate surface area is 117 Å². The minimum Gasteiger partial charge on any atom is -0.307 e. The van der Waals surface area contributed by atoms with Gasteiger partial charge in [0.25, 0.3) is 0 Å². The Kier molecular flexibility index (Phi) is 4.51. The number of hydrogen-bond donors (Lipinski definition) is 1. The maximum atomic E-state index is 6.20. The third-order valence-corrected chi connectivity index (χ3v) is 4.53. The van der Waals surface area contributed by atoms with Gasteiger partial charge in [0, 0.05) is 21.6 Å². The molecule has 1 saturated carbocycles. The monoisotopic (exact) mass is 315 g/mol. The van der Waals surface area contributed by atoms with Gasteiger partial charge in [-0.25, -0.2) is 0 Å². The van der Waals surface area contributed by atoms with E-state index in [0.29, 0.717) is 5.54 Å². The summed E-state index contributed by atoms with van der Waals surface area (Å²) in [5, 5.41) is 4.52. The summed E-state index contributed by atoms with van der Waals surface area (Å²) in [7, 11) is 0. The van der Waals surface area contributed by atoms with Crippen LogP contribution in [0.15, 0.2) is 22.7 Å². The van der Waals surface area contributed by atoms with Crippen LogP contribution in [0.3, 0.4) is 0 Å². The second kappa shape index (κ2) is 5.73. The Morgan fingerprint density at radius 2 is 2.00 bits per heavy atom. The maximum Gasteiger partial charge on any atom is 0.0451 e. The highest BCUT2D eigenvalue weighted by molar-refractivity contribution is 9.10. The summed E-state index contributed by atoms with van der Waals surface area (Å²) >= 11 is 9.69. The summed E-state index contributed by atoms with van der Waals surface area (Å²) in [5.74, 6) is 0. The predicted octanol–water partition coefficient (Wildman–Crippen LogP) is 4.91. The van der Waals surface area contributed by atoms with Crippen molar-refractivity contribution >= 4 is 27.5 Å². The van der Waals surface area contributed by atoms with Gasteiger partial charge in [0.2, 0.25) is 0 Å². The zero-order valence-electron chi connectivity index (χ0n) is 10.2. The molecular weight excluding hydrogens is 298 g/mol. The Bertz CT molecular complexity index is 386. The van der Waals surface area contributed by atoms with Gasteiger partial charge in [0.05, 0.1) is 0 Å². The van der Waals surface area contributed by atoms with E-state index in [0.717, 1.165) is 16.0 Å². The van der Waals surface area contributed by atoms with Crippen molar-refractivity contribution in [2.24, 2.45) is 0 Å². The van der Waals surface area contributed by atoms with Gasteiger partial charge in [-0.1, -0.05) is 46.8 Å². The summed E-state index contributed by atoms with van der Waals surface area (Å²) in [6.07, 6.45) is 6.62. The fourth-order valence-corrected chi connectivity index (χ4v) is 3.09. The first-order chi connectivity index (χ1) is 8.09. The molecule has 1 nitrogen and oxygen atoms in total. The average Bonchev–Trinajstić information content (AvgIpc) is 2.31. The van der Waals surface area contributed by atoms with Crippen LogP contribution >= 0.6 is 27.5 Å². The summed E-state index contributed by atoms with van der Waals surface area (Å²) in [4.78, 5) is 0. The van der Waals surface area contributed by atoms with E-state index in [9.17, 15) is 0 Å². The molecular formula is C14H19BrClN. The van der Waals surface area contributed by atoms with Gasteiger partial charge in [-0.2, -0.15) is 0 Å². The van der Waals surface area contributed by atoms with E-state index < -0.39 is 0 Å². The molecule has 0 spiro atoms. The summed E-state index contributed by atoms with van der Waals surface area (Å²) in [6, 6.07) is 6.03. The van der Waals surface area contributed by atoms with Crippen LogP contribution < -0.4 is 5.32 Å². The quantitative estimate of drug-likeness (QED) is 0.835. The second-order valence-electron chi connectivity index (χ2n) is 5.21. The van der Waals surface area contributed by atoms with E-state index in [1.54, 1.807) is 0 Å². The summed E-state index contributed by atoms with van der Waals surface area (Å²) < 4.78 is 1.09. The van der Waals surface area contributed by atoms with E-state index in [-0.39, 0.29) is 0 Å². The van der Waals surface area contributed by atoms with Crippen LogP contribution in [0.4, 0.5) is 0 Å². The SMILES string of the molecule is CC1(NCc2cc(Br)ccc2Cl)CCCCC1. The van der Waals surface area contributed by atoms with E-state index in [2.05, 4.69) is 34.2 Å². The molecule has 0 atom stereocenters. The molecule has 0 saturated heterocycles. The first-order valence-corrected chi connectivity index (χ1v) is 7.45. The predicted molar refractivity (Wildman–Crippen MR) is 77.5 cm³/mol. The summed E-state index contributed by atoms with van der Waals surface area (Å²) in [5.41, 5.74) is 1.47. The molecule has 94 valence electrons. The molecule has 1 aliphatic carbocycles. The molecule has 1 aromatic rings. The standard InChI is InChI=1S/C14H19BrClN/c1-14(7-3-2-4-8-14)17-10-11-9-12(15)5-6-13(11)16/h5-6,9,17H,2-4,7-8,10H2,1H3.